The largest absolute Gasteiger partial charge is 0.409 e. The molecule has 0 fully saturated rings. The number of amidine groups is 1. The molecule has 0 aliphatic heterocycles. The number of nitrogens with zero attached hydrogens (tertiary/aromatic N) is 1. The molecule has 0 spiro atoms. The fourth-order valence-electron chi connectivity index (χ4n) is 1.02. The molecule has 0 amide bonds. The molecule has 0 saturated carbocycles. The first-order valence-corrected chi connectivity index (χ1v) is 3.91. The Bertz CT molecular complexity index is 321. The van der Waals surface area contributed by atoms with Gasteiger partial charge in [-0.2, -0.15) is 0 Å². The van der Waals surface area contributed by atoms with Crippen molar-refractivity contribution in [3.63, 3.8) is 0 Å². The highest BCUT2D eigenvalue weighted by molar-refractivity contribution is 5.97. The predicted molar refractivity (Wildman–Crippen MR) is 49.6 cm³/mol. The van der Waals surface area contributed by atoms with Crippen LogP contribution in [-0.2, 0) is 0 Å². The molecule has 0 bridgehead atoms. The first-order chi connectivity index (χ1) is 6.15. The van der Waals surface area contributed by atoms with Crippen LogP contribution < -0.4 is 5.73 Å². The molecule has 1 unspecified atom stereocenters. The summed E-state index contributed by atoms with van der Waals surface area (Å²) in [4.78, 5) is 0. The first-order valence-electron chi connectivity index (χ1n) is 3.91. The lowest BCUT2D eigenvalue weighted by atomic mass is 10.1. The van der Waals surface area contributed by atoms with E-state index in [-0.39, 0.29) is 5.84 Å². The van der Waals surface area contributed by atoms with Crippen molar-refractivity contribution in [1.29, 1.82) is 0 Å². The molecule has 0 radical (unpaired) electrons. The minimum absolute atomic E-state index is 0.0440. The van der Waals surface area contributed by atoms with E-state index in [0.29, 0.717) is 5.56 Å². The number of rotatable bonds is 2. The lowest BCUT2D eigenvalue weighted by Crippen LogP contribution is -2.13. The van der Waals surface area contributed by atoms with E-state index in [2.05, 4.69) is 5.16 Å². The van der Waals surface area contributed by atoms with Gasteiger partial charge >= 0.3 is 0 Å². The van der Waals surface area contributed by atoms with E-state index in [1.165, 1.54) is 0 Å². The SMILES string of the molecule is CC(O)c1cccc(C(N)=NO)c1. The molecule has 0 saturated heterocycles. The summed E-state index contributed by atoms with van der Waals surface area (Å²) in [5, 5.41) is 20.5. The molecule has 0 aromatic heterocycles. The predicted octanol–water partition coefficient (Wildman–Crippen LogP) is 0.834. The minimum atomic E-state index is -0.550. The van der Waals surface area contributed by atoms with Gasteiger partial charge in [0.05, 0.1) is 6.10 Å². The van der Waals surface area contributed by atoms with Crippen molar-refractivity contribution in [2.24, 2.45) is 10.9 Å². The van der Waals surface area contributed by atoms with Gasteiger partial charge in [-0.25, -0.2) is 0 Å². The third-order valence-electron chi connectivity index (χ3n) is 1.77. The Balaban J connectivity index is 3.05. The van der Waals surface area contributed by atoms with Crippen LogP contribution >= 0.6 is 0 Å². The van der Waals surface area contributed by atoms with Crippen LogP contribution in [-0.4, -0.2) is 16.1 Å². The number of aliphatic hydroxyl groups excluding tert-OH is 1. The normalized spacial score (nSPS) is 14.2. The van der Waals surface area contributed by atoms with Gasteiger partial charge in [-0.15, -0.1) is 0 Å². The molecule has 13 heavy (non-hydrogen) atoms. The van der Waals surface area contributed by atoms with E-state index in [0.717, 1.165) is 5.56 Å². The fraction of sp³-hybridized carbons (Fsp3) is 0.222. The third-order valence-corrected chi connectivity index (χ3v) is 1.77. The number of nitrogens with two attached hydrogens (primary N) is 1. The van der Waals surface area contributed by atoms with E-state index in [1.807, 2.05) is 0 Å². The van der Waals surface area contributed by atoms with Gasteiger partial charge in [0.1, 0.15) is 0 Å². The van der Waals surface area contributed by atoms with Gasteiger partial charge < -0.3 is 16.0 Å². The molecule has 4 nitrogen and oxygen atoms in total. The Morgan fingerprint density at radius 2 is 2.23 bits per heavy atom. The van der Waals surface area contributed by atoms with Gasteiger partial charge in [-0.3, -0.25) is 0 Å². The van der Waals surface area contributed by atoms with Crippen molar-refractivity contribution < 1.29 is 10.3 Å². The quantitative estimate of drug-likeness (QED) is 0.273. The molecule has 70 valence electrons. The van der Waals surface area contributed by atoms with E-state index in [1.54, 1.807) is 31.2 Å². The number of oxime groups is 1. The topological polar surface area (TPSA) is 78.8 Å². The summed E-state index contributed by atoms with van der Waals surface area (Å²) in [6, 6.07) is 6.91. The fourth-order valence-corrected chi connectivity index (χ4v) is 1.02. The highest BCUT2D eigenvalue weighted by atomic mass is 16.4. The molecular formula is C9H12N2O2. The maximum atomic E-state index is 9.26. The maximum absolute atomic E-state index is 9.26. The standard InChI is InChI=1S/C9H12N2O2/c1-6(12)7-3-2-4-8(5-7)9(10)11-13/h2-6,12-13H,1H3,(H2,10,11). The van der Waals surface area contributed by atoms with Crippen LogP contribution in [0.3, 0.4) is 0 Å². The highest BCUT2D eigenvalue weighted by Gasteiger charge is 2.03. The van der Waals surface area contributed by atoms with Gasteiger partial charge in [-0.1, -0.05) is 23.4 Å². The molecule has 0 aliphatic carbocycles. The Morgan fingerprint density at radius 3 is 2.77 bits per heavy atom. The lowest BCUT2D eigenvalue weighted by molar-refractivity contribution is 0.199. The number of hydrogen-bond donors (Lipinski definition) is 3. The van der Waals surface area contributed by atoms with Crippen LogP contribution in [0, 0.1) is 0 Å². The Kier molecular flexibility index (Phi) is 2.87. The molecule has 1 rings (SSSR count). The molecule has 0 heterocycles. The van der Waals surface area contributed by atoms with Crippen LogP contribution in [0.1, 0.15) is 24.2 Å². The number of benzene rings is 1. The summed E-state index contributed by atoms with van der Waals surface area (Å²) in [6.07, 6.45) is -0.550. The van der Waals surface area contributed by atoms with Crippen molar-refractivity contribution in [3.8, 4) is 0 Å². The van der Waals surface area contributed by atoms with Gasteiger partial charge in [0.2, 0.25) is 0 Å². The second-order valence-electron chi connectivity index (χ2n) is 2.79. The molecule has 1 atom stereocenters. The first kappa shape index (κ1) is 9.54. The highest BCUT2D eigenvalue weighted by Crippen LogP contribution is 2.13. The van der Waals surface area contributed by atoms with E-state index in [4.69, 9.17) is 10.9 Å². The summed E-state index contributed by atoms with van der Waals surface area (Å²) >= 11 is 0. The van der Waals surface area contributed by atoms with Gasteiger partial charge in [0.25, 0.3) is 0 Å². The van der Waals surface area contributed by atoms with E-state index < -0.39 is 6.10 Å². The van der Waals surface area contributed by atoms with Crippen LogP contribution in [0.4, 0.5) is 0 Å². The zero-order chi connectivity index (χ0) is 9.84. The van der Waals surface area contributed by atoms with Crippen LogP contribution in [0.25, 0.3) is 0 Å². The van der Waals surface area contributed by atoms with Gasteiger partial charge in [-0.05, 0) is 18.6 Å². The van der Waals surface area contributed by atoms with Crippen molar-refractivity contribution >= 4 is 5.84 Å². The van der Waals surface area contributed by atoms with Crippen molar-refractivity contribution in [1.82, 2.24) is 0 Å². The van der Waals surface area contributed by atoms with Crippen LogP contribution in [0.2, 0.25) is 0 Å². The molecule has 1 aromatic carbocycles. The molecule has 0 aliphatic rings. The average Bonchev–Trinajstić information content (AvgIpc) is 2.17. The second kappa shape index (κ2) is 3.91. The van der Waals surface area contributed by atoms with E-state index >= 15 is 0 Å². The summed E-state index contributed by atoms with van der Waals surface area (Å²) in [7, 11) is 0. The molecule has 4 N–H and O–H groups in total. The summed E-state index contributed by atoms with van der Waals surface area (Å²) < 4.78 is 0. The third kappa shape index (κ3) is 2.19. The summed E-state index contributed by atoms with van der Waals surface area (Å²) in [5.74, 6) is 0.0440. The van der Waals surface area contributed by atoms with Crippen LogP contribution in [0.15, 0.2) is 29.4 Å². The summed E-state index contributed by atoms with van der Waals surface area (Å²) in [5.41, 5.74) is 6.72. The Hall–Kier alpha value is -1.55. The minimum Gasteiger partial charge on any atom is -0.409 e. The number of aliphatic hydroxyl groups is 1. The summed E-state index contributed by atoms with van der Waals surface area (Å²) in [6.45, 7) is 1.66. The molecule has 4 heteroatoms. The second-order valence-corrected chi connectivity index (χ2v) is 2.79. The average molecular weight is 180 g/mol. The van der Waals surface area contributed by atoms with Crippen molar-refractivity contribution in [3.05, 3.63) is 35.4 Å². The monoisotopic (exact) mass is 180 g/mol. The molecule has 1 aromatic rings. The molecular weight excluding hydrogens is 168 g/mol. The van der Waals surface area contributed by atoms with Gasteiger partial charge in [0.15, 0.2) is 5.84 Å². The van der Waals surface area contributed by atoms with Crippen molar-refractivity contribution in [2.75, 3.05) is 0 Å². The van der Waals surface area contributed by atoms with Crippen LogP contribution in [0.5, 0.6) is 0 Å². The lowest BCUT2D eigenvalue weighted by Gasteiger charge is -2.05. The van der Waals surface area contributed by atoms with E-state index in [9.17, 15) is 5.11 Å². The van der Waals surface area contributed by atoms with Gasteiger partial charge in [0, 0.05) is 5.56 Å². The number of hydrogen-bond acceptors (Lipinski definition) is 3. The smallest absolute Gasteiger partial charge is 0.170 e. The maximum Gasteiger partial charge on any atom is 0.170 e. The van der Waals surface area contributed by atoms with Crippen molar-refractivity contribution in [2.45, 2.75) is 13.0 Å². The zero-order valence-electron chi connectivity index (χ0n) is 7.31. The zero-order valence-corrected chi connectivity index (χ0v) is 7.31. The Labute approximate surface area is 76.3 Å². The Morgan fingerprint density at radius 1 is 1.54 bits per heavy atom.